The predicted molar refractivity (Wildman–Crippen MR) is 106 cm³/mol. The molecule has 1 atom stereocenters. The van der Waals surface area contributed by atoms with Crippen LogP contribution in [0.4, 0.5) is 0 Å². The first kappa shape index (κ1) is 18.1. The van der Waals surface area contributed by atoms with Crippen LogP contribution in [-0.4, -0.2) is 33.7 Å². The molecule has 1 aliphatic rings. The molecule has 4 rings (SSSR count). The molecule has 5 nitrogen and oxygen atoms in total. The van der Waals surface area contributed by atoms with Crippen molar-refractivity contribution in [3.05, 3.63) is 65.0 Å². The topological polar surface area (TPSA) is 59.2 Å². The zero-order valence-electron chi connectivity index (χ0n) is 14.8. The van der Waals surface area contributed by atoms with E-state index in [9.17, 15) is 4.79 Å². The van der Waals surface area contributed by atoms with E-state index in [1.54, 1.807) is 23.9 Å². The van der Waals surface area contributed by atoms with Crippen molar-refractivity contribution < 1.29 is 9.32 Å². The number of hydrogen-bond donors (Lipinski definition) is 0. The van der Waals surface area contributed by atoms with Crippen molar-refractivity contribution in [1.82, 2.24) is 15.0 Å². The molecule has 3 aromatic rings. The standard InChI is InChI=1S/C20H18ClN3O2S/c1-27-17-7-5-13(6-8-17)11-24-12-15(10-18(24)25)20-22-19(23-26-20)14-3-2-4-16(21)9-14/h2-9,15H,10-12H2,1H3. The molecule has 7 heteroatoms. The van der Waals surface area contributed by atoms with Gasteiger partial charge in [0.25, 0.3) is 0 Å². The highest BCUT2D eigenvalue weighted by molar-refractivity contribution is 7.98. The molecule has 1 amide bonds. The highest BCUT2D eigenvalue weighted by Crippen LogP contribution is 2.30. The number of amides is 1. The molecule has 0 aliphatic carbocycles. The minimum atomic E-state index is -0.0802. The Kier molecular flexibility index (Phi) is 5.18. The molecule has 2 heterocycles. The third-order valence-electron chi connectivity index (χ3n) is 4.62. The highest BCUT2D eigenvalue weighted by atomic mass is 35.5. The van der Waals surface area contributed by atoms with Crippen molar-refractivity contribution >= 4 is 29.3 Å². The molecular weight excluding hydrogens is 382 g/mol. The Morgan fingerprint density at radius 2 is 2.07 bits per heavy atom. The van der Waals surface area contributed by atoms with E-state index in [1.807, 2.05) is 23.3 Å². The van der Waals surface area contributed by atoms with Gasteiger partial charge in [-0.05, 0) is 36.1 Å². The summed E-state index contributed by atoms with van der Waals surface area (Å²) >= 11 is 7.73. The zero-order chi connectivity index (χ0) is 18.8. The summed E-state index contributed by atoms with van der Waals surface area (Å²) in [5, 5.41) is 4.67. The smallest absolute Gasteiger partial charge is 0.232 e. The summed E-state index contributed by atoms with van der Waals surface area (Å²) in [4.78, 5) is 20.0. The number of aromatic nitrogens is 2. The van der Waals surface area contributed by atoms with Gasteiger partial charge < -0.3 is 9.42 Å². The lowest BCUT2D eigenvalue weighted by atomic mass is 10.1. The van der Waals surface area contributed by atoms with Gasteiger partial charge in [-0.1, -0.05) is 41.0 Å². The van der Waals surface area contributed by atoms with E-state index in [2.05, 4.69) is 34.4 Å². The summed E-state index contributed by atoms with van der Waals surface area (Å²) in [6.45, 7) is 1.18. The Labute approximate surface area is 166 Å². The Morgan fingerprint density at radius 1 is 1.26 bits per heavy atom. The van der Waals surface area contributed by atoms with Crippen molar-refractivity contribution in [3.63, 3.8) is 0 Å². The normalized spacial score (nSPS) is 16.9. The van der Waals surface area contributed by atoms with Crippen LogP contribution >= 0.6 is 23.4 Å². The van der Waals surface area contributed by atoms with Gasteiger partial charge in [-0.2, -0.15) is 4.98 Å². The van der Waals surface area contributed by atoms with Crippen molar-refractivity contribution in [2.24, 2.45) is 0 Å². The first-order valence-electron chi connectivity index (χ1n) is 8.62. The summed E-state index contributed by atoms with van der Waals surface area (Å²) in [7, 11) is 0. The SMILES string of the molecule is CSc1ccc(CN2CC(c3nc(-c4cccc(Cl)c4)no3)CC2=O)cc1. The largest absolute Gasteiger partial charge is 0.339 e. The van der Waals surface area contributed by atoms with Crippen LogP contribution < -0.4 is 0 Å². The van der Waals surface area contributed by atoms with Crippen LogP contribution in [0.2, 0.25) is 5.02 Å². The minimum Gasteiger partial charge on any atom is -0.339 e. The lowest BCUT2D eigenvalue weighted by Crippen LogP contribution is -2.24. The fraction of sp³-hybridized carbons (Fsp3) is 0.250. The number of likely N-dealkylation sites (tertiary alicyclic amines) is 1. The molecule has 0 bridgehead atoms. The van der Waals surface area contributed by atoms with Crippen LogP contribution in [-0.2, 0) is 11.3 Å². The molecule has 138 valence electrons. The average Bonchev–Trinajstić information content (AvgIpc) is 3.30. The summed E-state index contributed by atoms with van der Waals surface area (Å²) in [5.41, 5.74) is 1.92. The summed E-state index contributed by atoms with van der Waals surface area (Å²) in [6.07, 6.45) is 2.44. The van der Waals surface area contributed by atoms with Gasteiger partial charge in [-0.15, -0.1) is 11.8 Å². The second-order valence-corrected chi connectivity index (χ2v) is 7.81. The van der Waals surface area contributed by atoms with Crippen molar-refractivity contribution in [1.29, 1.82) is 0 Å². The van der Waals surface area contributed by atoms with E-state index in [1.165, 1.54) is 4.90 Å². The molecule has 1 aliphatic heterocycles. The summed E-state index contributed by atoms with van der Waals surface area (Å²) < 4.78 is 5.43. The van der Waals surface area contributed by atoms with Crippen LogP contribution in [0.25, 0.3) is 11.4 Å². The number of benzene rings is 2. The summed E-state index contributed by atoms with van der Waals surface area (Å²) in [6, 6.07) is 15.6. The number of hydrogen-bond acceptors (Lipinski definition) is 5. The molecule has 0 N–H and O–H groups in total. The first-order valence-corrected chi connectivity index (χ1v) is 10.2. The Bertz CT molecular complexity index is 958. The molecule has 1 saturated heterocycles. The van der Waals surface area contributed by atoms with E-state index in [0.717, 1.165) is 11.1 Å². The molecule has 2 aromatic carbocycles. The molecular formula is C20H18ClN3O2S. The maximum absolute atomic E-state index is 12.4. The fourth-order valence-corrected chi connectivity index (χ4v) is 3.79. The van der Waals surface area contributed by atoms with E-state index in [4.69, 9.17) is 16.1 Å². The third-order valence-corrected chi connectivity index (χ3v) is 5.60. The Hall–Kier alpha value is -2.31. The Balaban J connectivity index is 1.46. The van der Waals surface area contributed by atoms with E-state index in [-0.39, 0.29) is 11.8 Å². The monoisotopic (exact) mass is 399 g/mol. The van der Waals surface area contributed by atoms with Gasteiger partial charge in [-0.3, -0.25) is 4.79 Å². The highest BCUT2D eigenvalue weighted by Gasteiger charge is 2.34. The molecule has 1 unspecified atom stereocenters. The third kappa shape index (κ3) is 4.01. The van der Waals surface area contributed by atoms with E-state index >= 15 is 0 Å². The number of rotatable bonds is 5. The predicted octanol–water partition coefficient (Wildman–Crippen LogP) is 4.63. The van der Waals surface area contributed by atoms with Gasteiger partial charge in [0.05, 0.1) is 5.92 Å². The van der Waals surface area contributed by atoms with Crippen LogP contribution in [0.5, 0.6) is 0 Å². The number of thioether (sulfide) groups is 1. The first-order chi connectivity index (χ1) is 13.1. The Morgan fingerprint density at radius 3 is 2.81 bits per heavy atom. The van der Waals surface area contributed by atoms with Crippen molar-refractivity contribution in [2.75, 3.05) is 12.8 Å². The number of carbonyl (C=O) groups excluding carboxylic acids is 1. The van der Waals surface area contributed by atoms with Crippen molar-refractivity contribution in [2.45, 2.75) is 23.8 Å². The van der Waals surface area contributed by atoms with Gasteiger partial charge >= 0.3 is 0 Å². The molecule has 0 spiro atoms. The molecule has 0 radical (unpaired) electrons. The van der Waals surface area contributed by atoms with E-state index < -0.39 is 0 Å². The van der Waals surface area contributed by atoms with Crippen LogP contribution in [0.3, 0.4) is 0 Å². The maximum atomic E-state index is 12.4. The van der Waals surface area contributed by atoms with Gasteiger partial charge in [-0.25, -0.2) is 0 Å². The van der Waals surface area contributed by atoms with Crippen molar-refractivity contribution in [3.8, 4) is 11.4 Å². The second-order valence-electron chi connectivity index (χ2n) is 6.49. The number of carbonyl (C=O) groups is 1. The average molecular weight is 400 g/mol. The molecule has 27 heavy (non-hydrogen) atoms. The van der Waals surface area contributed by atoms with Gasteiger partial charge in [0, 0.05) is 35.0 Å². The lowest BCUT2D eigenvalue weighted by Gasteiger charge is -2.16. The number of nitrogens with zero attached hydrogens (tertiary/aromatic N) is 3. The lowest BCUT2D eigenvalue weighted by molar-refractivity contribution is -0.128. The second kappa shape index (κ2) is 7.74. The maximum Gasteiger partial charge on any atom is 0.232 e. The van der Waals surface area contributed by atoms with Crippen LogP contribution in [0.15, 0.2) is 57.9 Å². The van der Waals surface area contributed by atoms with Gasteiger partial charge in [0.15, 0.2) is 0 Å². The van der Waals surface area contributed by atoms with Crippen LogP contribution in [0.1, 0.15) is 23.8 Å². The quantitative estimate of drug-likeness (QED) is 0.585. The fourth-order valence-electron chi connectivity index (χ4n) is 3.19. The minimum absolute atomic E-state index is 0.0802. The van der Waals surface area contributed by atoms with Crippen LogP contribution in [0, 0.1) is 0 Å². The molecule has 0 saturated carbocycles. The number of halogens is 1. The summed E-state index contributed by atoms with van der Waals surface area (Å²) in [5.74, 6) is 1.02. The molecule has 1 fully saturated rings. The zero-order valence-corrected chi connectivity index (χ0v) is 16.3. The molecule has 1 aromatic heterocycles. The van der Waals surface area contributed by atoms with Gasteiger partial charge in [0.2, 0.25) is 17.6 Å². The van der Waals surface area contributed by atoms with E-state index in [0.29, 0.717) is 36.2 Å². The van der Waals surface area contributed by atoms with Gasteiger partial charge in [0.1, 0.15) is 0 Å².